The van der Waals surface area contributed by atoms with Crippen LogP contribution in [0.5, 0.6) is 5.75 Å². The maximum atomic E-state index is 13.6. The van der Waals surface area contributed by atoms with Crippen molar-refractivity contribution in [2.24, 2.45) is 0 Å². The molecule has 3 heteroatoms. The predicted octanol–water partition coefficient (Wildman–Crippen LogP) is 2.69. The predicted molar refractivity (Wildman–Crippen MR) is 62.4 cm³/mol. The van der Waals surface area contributed by atoms with Crippen LogP contribution < -0.4 is 10.1 Å². The zero-order valence-corrected chi connectivity index (χ0v) is 9.79. The SMILES string of the molecule is COc1ccc(C(C)C2CCCN2)cc1F. The van der Waals surface area contributed by atoms with Crippen LogP contribution in [-0.2, 0) is 0 Å². The largest absolute Gasteiger partial charge is 0.494 e. The van der Waals surface area contributed by atoms with E-state index in [1.165, 1.54) is 20.0 Å². The minimum absolute atomic E-state index is 0.273. The van der Waals surface area contributed by atoms with Gasteiger partial charge >= 0.3 is 0 Å². The molecule has 0 aliphatic carbocycles. The van der Waals surface area contributed by atoms with Crippen molar-refractivity contribution in [1.29, 1.82) is 0 Å². The lowest BCUT2D eigenvalue weighted by Crippen LogP contribution is -2.27. The number of hydrogen-bond donors (Lipinski definition) is 1. The van der Waals surface area contributed by atoms with Crippen LogP contribution in [0.2, 0.25) is 0 Å². The van der Waals surface area contributed by atoms with Gasteiger partial charge in [0.1, 0.15) is 0 Å². The van der Waals surface area contributed by atoms with E-state index in [-0.39, 0.29) is 5.82 Å². The van der Waals surface area contributed by atoms with E-state index in [2.05, 4.69) is 12.2 Å². The van der Waals surface area contributed by atoms with E-state index in [1.807, 2.05) is 6.07 Å². The lowest BCUT2D eigenvalue weighted by atomic mass is 9.92. The van der Waals surface area contributed by atoms with Crippen LogP contribution in [-0.4, -0.2) is 19.7 Å². The highest BCUT2D eigenvalue weighted by atomic mass is 19.1. The Kier molecular flexibility index (Phi) is 3.44. The lowest BCUT2D eigenvalue weighted by Gasteiger charge is -2.20. The van der Waals surface area contributed by atoms with Crippen molar-refractivity contribution < 1.29 is 9.13 Å². The second-order valence-corrected chi connectivity index (χ2v) is 4.39. The Morgan fingerprint density at radius 2 is 2.31 bits per heavy atom. The highest BCUT2D eigenvalue weighted by molar-refractivity contribution is 5.31. The van der Waals surface area contributed by atoms with E-state index < -0.39 is 0 Å². The van der Waals surface area contributed by atoms with Gasteiger partial charge in [0.2, 0.25) is 0 Å². The zero-order valence-electron chi connectivity index (χ0n) is 9.79. The van der Waals surface area contributed by atoms with Crippen LogP contribution >= 0.6 is 0 Å². The first-order chi connectivity index (χ1) is 7.72. The molecule has 1 aliphatic heterocycles. The van der Waals surface area contributed by atoms with Crippen molar-refractivity contribution in [1.82, 2.24) is 5.32 Å². The minimum atomic E-state index is -0.273. The molecular formula is C13H18FNO. The Hall–Kier alpha value is -1.09. The van der Waals surface area contributed by atoms with E-state index >= 15 is 0 Å². The van der Waals surface area contributed by atoms with Gasteiger partial charge in [-0.2, -0.15) is 0 Å². The number of ether oxygens (including phenoxy) is 1. The number of halogens is 1. The molecule has 1 fully saturated rings. The summed E-state index contributed by atoms with van der Waals surface area (Å²) in [5.74, 6) is 0.392. The van der Waals surface area contributed by atoms with E-state index in [9.17, 15) is 4.39 Å². The molecule has 0 saturated carbocycles. The summed E-state index contributed by atoms with van der Waals surface area (Å²) in [4.78, 5) is 0. The van der Waals surface area contributed by atoms with Crippen LogP contribution in [0.25, 0.3) is 0 Å². The van der Waals surface area contributed by atoms with Crippen molar-refractivity contribution in [3.05, 3.63) is 29.6 Å². The Morgan fingerprint density at radius 3 is 2.88 bits per heavy atom. The fourth-order valence-corrected chi connectivity index (χ4v) is 2.34. The molecule has 2 unspecified atom stereocenters. The summed E-state index contributed by atoms with van der Waals surface area (Å²) in [6.45, 7) is 3.22. The van der Waals surface area contributed by atoms with Crippen LogP contribution in [0, 0.1) is 5.82 Å². The van der Waals surface area contributed by atoms with E-state index in [1.54, 1.807) is 12.1 Å². The van der Waals surface area contributed by atoms with Crippen LogP contribution in [0.3, 0.4) is 0 Å². The fraction of sp³-hybridized carbons (Fsp3) is 0.538. The maximum absolute atomic E-state index is 13.6. The van der Waals surface area contributed by atoms with Crippen molar-refractivity contribution in [3.63, 3.8) is 0 Å². The Morgan fingerprint density at radius 1 is 1.50 bits per heavy atom. The fourth-order valence-electron chi connectivity index (χ4n) is 2.34. The molecule has 1 aromatic carbocycles. The first kappa shape index (κ1) is 11.4. The number of hydrogen-bond acceptors (Lipinski definition) is 2. The highest BCUT2D eigenvalue weighted by Crippen LogP contribution is 2.28. The molecule has 1 aliphatic rings. The van der Waals surface area contributed by atoms with E-state index in [0.29, 0.717) is 17.7 Å². The summed E-state index contributed by atoms with van der Waals surface area (Å²) in [6, 6.07) is 5.72. The molecule has 1 saturated heterocycles. The molecule has 0 amide bonds. The monoisotopic (exact) mass is 223 g/mol. The van der Waals surface area contributed by atoms with Crippen LogP contribution in [0.15, 0.2) is 18.2 Å². The molecule has 0 spiro atoms. The average molecular weight is 223 g/mol. The van der Waals surface area contributed by atoms with Crippen LogP contribution in [0.1, 0.15) is 31.2 Å². The molecule has 2 atom stereocenters. The highest BCUT2D eigenvalue weighted by Gasteiger charge is 2.22. The Bertz CT molecular complexity index is 361. The van der Waals surface area contributed by atoms with E-state index in [0.717, 1.165) is 12.1 Å². The third kappa shape index (κ3) is 2.19. The average Bonchev–Trinajstić information content (AvgIpc) is 2.81. The minimum Gasteiger partial charge on any atom is -0.494 e. The Labute approximate surface area is 95.8 Å². The van der Waals surface area contributed by atoms with Gasteiger partial charge in [0.15, 0.2) is 11.6 Å². The summed E-state index contributed by atoms with van der Waals surface area (Å²) < 4.78 is 18.5. The number of benzene rings is 1. The van der Waals surface area contributed by atoms with Crippen LogP contribution in [0.4, 0.5) is 4.39 Å². The lowest BCUT2D eigenvalue weighted by molar-refractivity contribution is 0.385. The molecule has 1 heterocycles. The van der Waals surface area contributed by atoms with Gasteiger partial charge in [0.25, 0.3) is 0 Å². The third-order valence-corrected chi connectivity index (χ3v) is 3.40. The molecule has 0 bridgehead atoms. The summed E-state index contributed by atoms with van der Waals surface area (Å²) in [5.41, 5.74) is 1.04. The van der Waals surface area contributed by atoms with Crippen molar-refractivity contribution in [2.45, 2.75) is 31.7 Å². The summed E-state index contributed by atoms with van der Waals surface area (Å²) >= 11 is 0. The Balaban J connectivity index is 2.16. The van der Waals surface area contributed by atoms with Gasteiger partial charge in [-0.1, -0.05) is 13.0 Å². The van der Waals surface area contributed by atoms with Gasteiger partial charge in [-0.05, 0) is 43.0 Å². The zero-order chi connectivity index (χ0) is 11.5. The normalized spacial score (nSPS) is 22.1. The molecular weight excluding hydrogens is 205 g/mol. The van der Waals surface area contributed by atoms with Crippen molar-refractivity contribution in [3.8, 4) is 5.75 Å². The van der Waals surface area contributed by atoms with Gasteiger partial charge in [-0.15, -0.1) is 0 Å². The van der Waals surface area contributed by atoms with Crippen molar-refractivity contribution in [2.75, 3.05) is 13.7 Å². The van der Waals surface area contributed by atoms with Gasteiger partial charge in [0.05, 0.1) is 7.11 Å². The van der Waals surface area contributed by atoms with Gasteiger partial charge in [0, 0.05) is 6.04 Å². The quantitative estimate of drug-likeness (QED) is 0.850. The molecule has 88 valence electrons. The second kappa shape index (κ2) is 4.83. The molecule has 2 nitrogen and oxygen atoms in total. The standard InChI is InChI=1S/C13H18FNO/c1-9(12-4-3-7-15-12)10-5-6-13(16-2)11(14)8-10/h5-6,8-9,12,15H,3-4,7H2,1-2H3. The first-order valence-electron chi connectivity index (χ1n) is 5.79. The topological polar surface area (TPSA) is 21.3 Å². The van der Waals surface area contributed by atoms with Crippen molar-refractivity contribution >= 4 is 0 Å². The van der Waals surface area contributed by atoms with Gasteiger partial charge in [-0.3, -0.25) is 0 Å². The smallest absolute Gasteiger partial charge is 0.165 e. The molecule has 2 rings (SSSR count). The molecule has 16 heavy (non-hydrogen) atoms. The molecule has 1 aromatic rings. The van der Waals surface area contributed by atoms with E-state index in [4.69, 9.17) is 4.74 Å². The summed E-state index contributed by atoms with van der Waals surface area (Å²) in [6.07, 6.45) is 2.39. The van der Waals surface area contributed by atoms with Gasteiger partial charge in [-0.25, -0.2) is 4.39 Å². The number of methoxy groups -OCH3 is 1. The maximum Gasteiger partial charge on any atom is 0.165 e. The number of rotatable bonds is 3. The second-order valence-electron chi connectivity index (χ2n) is 4.39. The van der Waals surface area contributed by atoms with Gasteiger partial charge < -0.3 is 10.1 Å². The first-order valence-corrected chi connectivity index (χ1v) is 5.79. The molecule has 0 radical (unpaired) electrons. The molecule has 0 aromatic heterocycles. The number of nitrogens with one attached hydrogen (secondary N) is 1. The summed E-state index contributed by atoms with van der Waals surface area (Å²) in [7, 11) is 1.49. The third-order valence-electron chi connectivity index (χ3n) is 3.40. The molecule has 1 N–H and O–H groups in total. The summed E-state index contributed by atoms with van der Waals surface area (Å²) in [5, 5.41) is 3.45.